The molecule has 2 amide bonds. The third kappa shape index (κ3) is 5.59. The molecule has 2 aromatic carbocycles. The summed E-state index contributed by atoms with van der Waals surface area (Å²) in [6.45, 7) is 2.01. The highest BCUT2D eigenvalue weighted by Crippen LogP contribution is 2.34. The summed E-state index contributed by atoms with van der Waals surface area (Å²) in [5.74, 6) is -0.497. The first-order valence-corrected chi connectivity index (χ1v) is 8.61. The fourth-order valence-electron chi connectivity index (χ4n) is 2.00. The SMILES string of the molecule is CCOc1cc(/C=N/NC(=O)CNC(=O)c2ccccc2)cc(Br)c1O. The molecule has 0 unspecified atom stereocenters. The van der Waals surface area contributed by atoms with E-state index in [0.29, 0.717) is 28.0 Å². The summed E-state index contributed by atoms with van der Waals surface area (Å²) in [5.41, 5.74) is 3.41. The van der Waals surface area contributed by atoms with Gasteiger partial charge in [0.1, 0.15) is 0 Å². The van der Waals surface area contributed by atoms with Gasteiger partial charge in [-0.15, -0.1) is 0 Å². The molecule has 0 bridgehead atoms. The van der Waals surface area contributed by atoms with E-state index in [9.17, 15) is 14.7 Å². The fourth-order valence-corrected chi connectivity index (χ4v) is 2.46. The van der Waals surface area contributed by atoms with Crippen molar-refractivity contribution in [2.45, 2.75) is 6.92 Å². The van der Waals surface area contributed by atoms with Crippen LogP contribution in [-0.4, -0.2) is 36.3 Å². The van der Waals surface area contributed by atoms with Gasteiger partial charge in [-0.2, -0.15) is 5.10 Å². The zero-order valence-corrected chi connectivity index (χ0v) is 15.6. The maximum Gasteiger partial charge on any atom is 0.259 e. The quantitative estimate of drug-likeness (QED) is 0.473. The van der Waals surface area contributed by atoms with E-state index in [1.54, 1.807) is 49.4 Å². The Morgan fingerprint density at radius 1 is 1.27 bits per heavy atom. The smallest absolute Gasteiger partial charge is 0.259 e. The summed E-state index contributed by atoms with van der Waals surface area (Å²) in [7, 11) is 0. The molecule has 2 aromatic rings. The average Bonchev–Trinajstić information content (AvgIpc) is 2.64. The van der Waals surface area contributed by atoms with Crippen molar-refractivity contribution in [2.75, 3.05) is 13.2 Å². The van der Waals surface area contributed by atoms with Crippen molar-refractivity contribution in [3.8, 4) is 11.5 Å². The second-order valence-corrected chi connectivity index (χ2v) is 5.98. The summed E-state index contributed by atoms with van der Waals surface area (Å²) in [4.78, 5) is 23.6. The van der Waals surface area contributed by atoms with Crippen LogP contribution in [-0.2, 0) is 4.79 Å². The van der Waals surface area contributed by atoms with Gasteiger partial charge in [0.05, 0.1) is 23.8 Å². The van der Waals surface area contributed by atoms with Crippen LogP contribution >= 0.6 is 15.9 Å². The molecule has 0 saturated heterocycles. The van der Waals surface area contributed by atoms with Gasteiger partial charge in [-0.05, 0) is 52.7 Å². The van der Waals surface area contributed by atoms with Gasteiger partial charge >= 0.3 is 0 Å². The average molecular weight is 420 g/mol. The van der Waals surface area contributed by atoms with E-state index < -0.39 is 5.91 Å². The van der Waals surface area contributed by atoms with Crippen molar-refractivity contribution in [1.29, 1.82) is 0 Å². The minimum absolute atomic E-state index is 0.00309. The van der Waals surface area contributed by atoms with E-state index in [4.69, 9.17) is 4.74 Å². The normalized spacial score (nSPS) is 10.5. The second kappa shape index (κ2) is 9.57. The van der Waals surface area contributed by atoms with E-state index in [2.05, 4.69) is 31.8 Å². The predicted molar refractivity (Wildman–Crippen MR) is 101 cm³/mol. The number of hydrazone groups is 1. The molecule has 0 aliphatic carbocycles. The highest BCUT2D eigenvalue weighted by molar-refractivity contribution is 9.10. The number of hydrogen-bond donors (Lipinski definition) is 3. The number of nitrogens with zero attached hydrogens (tertiary/aromatic N) is 1. The molecule has 8 heteroatoms. The first-order chi connectivity index (χ1) is 12.5. The van der Waals surface area contributed by atoms with Gasteiger partial charge in [-0.1, -0.05) is 18.2 Å². The number of halogens is 1. The topological polar surface area (TPSA) is 100 Å². The van der Waals surface area contributed by atoms with Crippen LogP contribution < -0.4 is 15.5 Å². The first-order valence-electron chi connectivity index (χ1n) is 7.81. The number of ether oxygens (including phenoxy) is 1. The first kappa shape index (κ1) is 19.5. The third-order valence-corrected chi connectivity index (χ3v) is 3.80. The molecule has 0 aliphatic rings. The van der Waals surface area contributed by atoms with Crippen molar-refractivity contribution >= 4 is 34.0 Å². The molecule has 0 saturated carbocycles. The van der Waals surface area contributed by atoms with Crippen LogP contribution in [0.25, 0.3) is 0 Å². The van der Waals surface area contributed by atoms with Crippen LogP contribution in [0.4, 0.5) is 0 Å². The van der Waals surface area contributed by atoms with Crippen LogP contribution in [0.15, 0.2) is 52.0 Å². The Morgan fingerprint density at radius 2 is 2.00 bits per heavy atom. The lowest BCUT2D eigenvalue weighted by atomic mass is 10.2. The van der Waals surface area contributed by atoms with E-state index in [0.717, 1.165) is 0 Å². The Kier molecular flexibility index (Phi) is 7.16. The van der Waals surface area contributed by atoms with Gasteiger partial charge in [0, 0.05) is 5.56 Å². The van der Waals surface area contributed by atoms with Crippen molar-refractivity contribution in [3.05, 3.63) is 58.1 Å². The number of phenols is 1. The summed E-state index contributed by atoms with van der Waals surface area (Å²) in [6.07, 6.45) is 1.41. The molecule has 0 spiro atoms. The Balaban J connectivity index is 1.88. The molecular formula is C18H18BrN3O4. The molecule has 0 heterocycles. The Hall–Kier alpha value is -2.87. The van der Waals surface area contributed by atoms with E-state index in [1.165, 1.54) is 6.21 Å². The number of amides is 2. The van der Waals surface area contributed by atoms with Crippen LogP contribution in [0, 0.1) is 0 Å². The number of hydrogen-bond acceptors (Lipinski definition) is 5. The van der Waals surface area contributed by atoms with Gasteiger partial charge in [0.2, 0.25) is 0 Å². The second-order valence-electron chi connectivity index (χ2n) is 5.12. The van der Waals surface area contributed by atoms with Crippen molar-refractivity contribution in [2.24, 2.45) is 5.10 Å². The van der Waals surface area contributed by atoms with Gasteiger partial charge < -0.3 is 15.2 Å². The van der Waals surface area contributed by atoms with E-state index in [1.807, 2.05) is 0 Å². The molecule has 0 aliphatic heterocycles. The van der Waals surface area contributed by atoms with Crippen LogP contribution in [0.2, 0.25) is 0 Å². The fraction of sp³-hybridized carbons (Fsp3) is 0.167. The highest BCUT2D eigenvalue weighted by atomic mass is 79.9. The molecule has 0 aromatic heterocycles. The summed E-state index contributed by atoms with van der Waals surface area (Å²) in [6, 6.07) is 11.8. The molecular weight excluding hydrogens is 402 g/mol. The Morgan fingerprint density at radius 3 is 2.69 bits per heavy atom. The van der Waals surface area contributed by atoms with Crippen molar-refractivity contribution in [1.82, 2.24) is 10.7 Å². The lowest BCUT2D eigenvalue weighted by molar-refractivity contribution is -0.120. The summed E-state index contributed by atoms with van der Waals surface area (Å²) >= 11 is 3.22. The maximum atomic E-state index is 11.8. The molecule has 0 atom stereocenters. The molecule has 3 N–H and O–H groups in total. The van der Waals surface area contributed by atoms with Crippen LogP contribution in [0.1, 0.15) is 22.8 Å². The number of carbonyl (C=O) groups excluding carboxylic acids is 2. The third-order valence-electron chi connectivity index (χ3n) is 3.20. The molecule has 2 rings (SSSR count). The number of carbonyl (C=O) groups is 2. The van der Waals surface area contributed by atoms with Gasteiger partial charge in [-0.3, -0.25) is 9.59 Å². The lowest BCUT2D eigenvalue weighted by Crippen LogP contribution is -2.34. The van der Waals surface area contributed by atoms with E-state index in [-0.39, 0.29) is 18.2 Å². The molecule has 7 nitrogen and oxygen atoms in total. The van der Waals surface area contributed by atoms with Crippen LogP contribution in [0.3, 0.4) is 0 Å². The molecule has 26 heavy (non-hydrogen) atoms. The minimum atomic E-state index is -0.464. The van der Waals surface area contributed by atoms with Crippen molar-refractivity contribution < 1.29 is 19.4 Å². The zero-order chi connectivity index (χ0) is 18.9. The number of aromatic hydroxyl groups is 1. The Bertz CT molecular complexity index is 810. The van der Waals surface area contributed by atoms with Crippen LogP contribution in [0.5, 0.6) is 11.5 Å². The minimum Gasteiger partial charge on any atom is -0.503 e. The lowest BCUT2D eigenvalue weighted by Gasteiger charge is -2.08. The number of rotatable bonds is 7. The molecule has 136 valence electrons. The number of phenolic OH excluding ortho intramolecular Hbond substituents is 1. The van der Waals surface area contributed by atoms with Gasteiger partial charge in [-0.25, -0.2) is 5.43 Å². The maximum absolute atomic E-state index is 11.8. The van der Waals surface area contributed by atoms with Crippen molar-refractivity contribution in [3.63, 3.8) is 0 Å². The Labute approximate surface area is 159 Å². The highest BCUT2D eigenvalue weighted by Gasteiger charge is 2.09. The molecule has 0 fully saturated rings. The number of benzene rings is 2. The van der Waals surface area contributed by atoms with Gasteiger partial charge in [0.15, 0.2) is 11.5 Å². The van der Waals surface area contributed by atoms with Gasteiger partial charge in [0.25, 0.3) is 11.8 Å². The zero-order valence-electron chi connectivity index (χ0n) is 14.0. The van der Waals surface area contributed by atoms with E-state index >= 15 is 0 Å². The summed E-state index contributed by atoms with van der Waals surface area (Å²) < 4.78 is 5.77. The largest absolute Gasteiger partial charge is 0.503 e. The number of nitrogens with one attached hydrogen (secondary N) is 2. The monoisotopic (exact) mass is 419 g/mol. The predicted octanol–water partition coefficient (Wildman–Crippen LogP) is 2.43. The standard InChI is InChI=1S/C18H18BrN3O4/c1-2-26-15-9-12(8-14(19)17(15)24)10-21-22-16(23)11-20-18(25)13-6-4-3-5-7-13/h3-10,24H,2,11H2,1H3,(H,20,25)(H,22,23)/b21-10+. The summed E-state index contributed by atoms with van der Waals surface area (Å²) in [5, 5.41) is 16.2. The molecule has 0 radical (unpaired) electrons.